The smallest absolute Gasteiger partial charge is 0.233 e. The van der Waals surface area contributed by atoms with Crippen LogP contribution in [0.4, 0.5) is 0 Å². The summed E-state index contributed by atoms with van der Waals surface area (Å²) in [7, 11) is 1.85. The lowest BCUT2D eigenvalue weighted by Crippen LogP contribution is -2.32. The van der Waals surface area contributed by atoms with Crippen LogP contribution in [0.5, 0.6) is 0 Å². The Balaban J connectivity index is 1.77. The van der Waals surface area contributed by atoms with Gasteiger partial charge in [-0.2, -0.15) is 5.10 Å². The average Bonchev–Trinajstić information content (AvgIpc) is 2.87. The molecule has 112 valence electrons. The van der Waals surface area contributed by atoms with Crippen molar-refractivity contribution >= 4 is 17.7 Å². The molecule has 0 aliphatic heterocycles. The van der Waals surface area contributed by atoms with E-state index in [4.69, 9.17) is 0 Å². The van der Waals surface area contributed by atoms with Gasteiger partial charge in [0.2, 0.25) is 5.91 Å². The van der Waals surface area contributed by atoms with E-state index in [0.717, 1.165) is 10.7 Å². The average molecular weight is 304 g/mol. The second kappa shape index (κ2) is 7.26. The van der Waals surface area contributed by atoms with E-state index in [-0.39, 0.29) is 11.2 Å². The first kappa shape index (κ1) is 15.6. The lowest BCUT2D eigenvalue weighted by atomic mass is 10.2. The molecule has 21 heavy (non-hydrogen) atoms. The minimum absolute atomic E-state index is 0.0442. The summed E-state index contributed by atoms with van der Waals surface area (Å²) in [4.78, 5) is 17.3. The largest absolute Gasteiger partial charge is 0.355 e. The lowest BCUT2D eigenvalue weighted by molar-refractivity contribution is -0.120. The van der Waals surface area contributed by atoms with Crippen molar-refractivity contribution < 1.29 is 4.79 Å². The molecule has 0 bridgehead atoms. The number of thioether (sulfide) groups is 1. The Kier molecular flexibility index (Phi) is 5.38. The van der Waals surface area contributed by atoms with Gasteiger partial charge in [-0.15, -0.1) is 11.8 Å². The SMILES string of the molecule is Cc1ccc(S[C@H](C)C(=O)NCCc2ncnn2C)cc1. The van der Waals surface area contributed by atoms with Crippen LogP contribution >= 0.6 is 11.8 Å². The molecule has 0 radical (unpaired) electrons. The van der Waals surface area contributed by atoms with Crippen LogP contribution in [0, 0.1) is 6.92 Å². The normalized spacial score (nSPS) is 12.1. The molecule has 0 aliphatic carbocycles. The highest BCUT2D eigenvalue weighted by Gasteiger charge is 2.14. The number of carbonyl (C=O) groups excluding carboxylic acids is 1. The van der Waals surface area contributed by atoms with Gasteiger partial charge in [-0.25, -0.2) is 4.98 Å². The fourth-order valence-corrected chi connectivity index (χ4v) is 2.75. The Morgan fingerprint density at radius 2 is 2.10 bits per heavy atom. The molecule has 2 aromatic rings. The minimum Gasteiger partial charge on any atom is -0.355 e. The molecule has 0 saturated carbocycles. The number of benzene rings is 1. The van der Waals surface area contributed by atoms with Crippen LogP contribution in [-0.4, -0.2) is 32.5 Å². The summed E-state index contributed by atoms with van der Waals surface area (Å²) in [6.45, 7) is 4.55. The van der Waals surface area contributed by atoms with Gasteiger partial charge in [0.25, 0.3) is 0 Å². The highest BCUT2D eigenvalue weighted by atomic mass is 32.2. The van der Waals surface area contributed by atoms with Gasteiger partial charge in [-0.3, -0.25) is 9.48 Å². The molecule has 0 saturated heterocycles. The maximum absolute atomic E-state index is 12.1. The van der Waals surface area contributed by atoms with Gasteiger partial charge in [0.1, 0.15) is 12.2 Å². The number of rotatable bonds is 6. The third-order valence-electron chi connectivity index (χ3n) is 3.16. The van der Waals surface area contributed by atoms with E-state index in [1.165, 1.54) is 11.9 Å². The predicted octanol–water partition coefficient (Wildman–Crippen LogP) is 1.96. The molecule has 6 heteroatoms. The molecule has 1 amide bonds. The highest BCUT2D eigenvalue weighted by Crippen LogP contribution is 2.23. The number of hydrogen-bond donors (Lipinski definition) is 1. The molecule has 5 nitrogen and oxygen atoms in total. The van der Waals surface area contributed by atoms with Crippen molar-refractivity contribution in [3.05, 3.63) is 42.0 Å². The van der Waals surface area contributed by atoms with Gasteiger partial charge in [0.05, 0.1) is 5.25 Å². The maximum Gasteiger partial charge on any atom is 0.233 e. The van der Waals surface area contributed by atoms with Crippen LogP contribution in [0.1, 0.15) is 18.3 Å². The van der Waals surface area contributed by atoms with Gasteiger partial charge in [-0.05, 0) is 26.0 Å². The van der Waals surface area contributed by atoms with Crippen LogP contribution in [0.25, 0.3) is 0 Å². The number of nitrogens with one attached hydrogen (secondary N) is 1. The molecule has 0 fully saturated rings. The van der Waals surface area contributed by atoms with Crippen LogP contribution in [-0.2, 0) is 18.3 Å². The number of aryl methyl sites for hydroxylation is 2. The minimum atomic E-state index is -0.118. The van der Waals surface area contributed by atoms with E-state index < -0.39 is 0 Å². The summed E-state index contributed by atoms with van der Waals surface area (Å²) in [5, 5.41) is 6.82. The van der Waals surface area contributed by atoms with E-state index in [9.17, 15) is 4.79 Å². The highest BCUT2D eigenvalue weighted by molar-refractivity contribution is 8.00. The first-order valence-corrected chi connectivity index (χ1v) is 7.78. The zero-order valence-corrected chi connectivity index (χ0v) is 13.4. The molecule has 2 rings (SSSR count). The van der Waals surface area contributed by atoms with Crippen LogP contribution < -0.4 is 5.32 Å². The molecular weight excluding hydrogens is 284 g/mol. The first-order valence-electron chi connectivity index (χ1n) is 6.90. The Bertz CT molecular complexity index is 594. The topological polar surface area (TPSA) is 59.8 Å². The van der Waals surface area contributed by atoms with Gasteiger partial charge in [0.15, 0.2) is 0 Å². The Labute approximate surface area is 129 Å². The Morgan fingerprint density at radius 3 is 2.71 bits per heavy atom. The molecule has 0 unspecified atom stereocenters. The van der Waals surface area contributed by atoms with Crippen molar-refractivity contribution in [3.63, 3.8) is 0 Å². The number of amides is 1. The number of hydrogen-bond acceptors (Lipinski definition) is 4. The fourth-order valence-electron chi connectivity index (χ4n) is 1.86. The molecule has 1 N–H and O–H groups in total. The number of nitrogens with zero attached hydrogens (tertiary/aromatic N) is 3. The van der Waals surface area contributed by atoms with Crippen LogP contribution in [0.15, 0.2) is 35.5 Å². The molecule has 1 heterocycles. The summed E-state index contributed by atoms with van der Waals surface area (Å²) in [5.41, 5.74) is 1.22. The predicted molar refractivity (Wildman–Crippen MR) is 84.2 cm³/mol. The van der Waals surface area contributed by atoms with E-state index in [1.54, 1.807) is 16.4 Å². The molecule has 0 spiro atoms. The first-order chi connectivity index (χ1) is 10.1. The Hall–Kier alpha value is -1.82. The summed E-state index contributed by atoms with van der Waals surface area (Å²) < 4.78 is 1.72. The van der Waals surface area contributed by atoms with Crippen molar-refractivity contribution in [1.82, 2.24) is 20.1 Å². The van der Waals surface area contributed by atoms with Crippen molar-refractivity contribution in [2.24, 2.45) is 7.05 Å². The molecule has 1 aromatic carbocycles. The van der Waals surface area contributed by atoms with Crippen molar-refractivity contribution in [2.75, 3.05) is 6.54 Å². The summed E-state index contributed by atoms with van der Waals surface area (Å²) in [6, 6.07) is 8.20. The summed E-state index contributed by atoms with van der Waals surface area (Å²) in [5.74, 6) is 0.914. The molecule has 1 atom stereocenters. The van der Waals surface area contributed by atoms with Gasteiger partial charge in [-0.1, -0.05) is 17.7 Å². The number of carbonyl (C=O) groups is 1. The lowest BCUT2D eigenvalue weighted by Gasteiger charge is -2.12. The zero-order valence-electron chi connectivity index (χ0n) is 12.5. The van der Waals surface area contributed by atoms with Crippen LogP contribution in [0.3, 0.4) is 0 Å². The van der Waals surface area contributed by atoms with E-state index >= 15 is 0 Å². The zero-order chi connectivity index (χ0) is 15.2. The second-order valence-corrected chi connectivity index (χ2v) is 6.33. The van der Waals surface area contributed by atoms with E-state index in [0.29, 0.717) is 13.0 Å². The molecule has 0 aliphatic rings. The summed E-state index contributed by atoms with van der Waals surface area (Å²) >= 11 is 1.57. The monoisotopic (exact) mass is 304 g/mol. The summed E-state index contributed by atoms with van der Waals surface area (Å²) in [6.07, 6.45) is 2.21. The third kappa shape index (κ3) is 4.60. The fraction of sp³-hybridized carbons (Fsp3) is 0.400. The quantitative estimate of drug-likeness (QED) is 0.829. The van der Waals surface area contributed by atoms with E-state index in [2.05, 4.69) is 34.5 Å². The van der Waals surface area contributed by atoms with Crippen LogP contribution in [0.2, 0.25) is 0 Å². The van der Waals surface area contributed by atoms with Gasteiger partial charge >= 0.3 is 0 Å². The van der Waals surface area contributed by atoms with Crippen molar-refractivity contribution in [3.8, 4) is 0 Å². The second-order valence-electron chi connectivity index (χ2n) is 4.91. The van der Waals surface area contributed by atoms with Gasteiger partial charge in [0, 0.05) is 24.9 Å². The van der Waals surface area contributed by atoms with E-state index in [1.807, 2.05) is 26.1 Å². The third-order valence-corrected chi connectivity index (χ3v) is 4.27. The molecular formula is C15H20N4OS. The van der Waals surface area contributed by atoms with Gasteiger partial charge < -0.3 is 5.32 Å². The number of aromatic nitrogens is 3. The maximum atomic E-state index is 12.1. The molecule has 1 aromatic heterocycles. The van der Waals surface area contributed by atoms with Crippen molar-refractivity contribution in [2.45, 2.75) is 30.4 Å². The standard InChI is InChI=1S/C15H20N4OS/c1-11-4-6-13(7-5-11)21-12(2)15(20)16-9-8-14-17-10-18-19(14)3/h4-7,10,12H,8-9H2,1-3H3,(H,16,20)/t12-/m1/s1. The Morgan fingerprint density at radius 1 is 1.38 bits per heavy atom. The van der Waals surface area contributed by atoms with Crippen molar-refractivity contribution in [1.29, 1.82) is 0 Å².